The van der Waals surface area contributed by atoms with Crippen LogP contribution in [0.25, 0.3) is 0 Å². The number of benzene rings is 1. The van der Waals surface area contributed by atoms with E-state index < -0.39 is 55.5 Å². The first-order chi connectivity index (χ1) is 21.3. The van der Waals surface area contributed by atoms with Crippen LogP contribution in [0.3, 0.4) is 0 Å². The molecule has 0 saturated heterocycles. The summed E-state index contributed by atoms with van der Waals surface area (Å²) < 4.78 is 79.2. The average molecular weight is 663 g/mol. The molecule has 0 amide bonds. The van der Waals surface area contributed by atoms with E-state index in [1.54, 1.807) is 6.21 Å². The highest BCUT2D eigenvalue weighted by Gasteiger charge is 2.27. The minimum Gasteiger partial charge on any atom is -0.461 e. The van der Waals surface area contributed by atoms with Gasteiger partial charge < -0.3 is 18.8 Å². The van der Waals surface area contributed by atoms with Crippen molar-refractivity contribution in [2.24, 2.45) is 22.1 Å². The molecule has 0 spiro atoms. The fourth-order valence-corrected chi connectivity index (χ4v) is 5.56. The van der Waals surface area contributed by atoms with Crippen molar-refractivity contribution in [1.29, 1.82) is 0 Å². The number of unbranched alkanes of at least 4 members (excludes halogenated alkanes) is 3. The summed E-state index contributed by atoms with van der Waals surface area (Å²) in [5, 5.41) is 8.17. The number of hydrogen-bond donors (Lipinski definition) is 0. The summed E-state index contributed by atoms with van der Waals surface area (Å²) >= 11 is 0. The minimum absolute atomic E-state index is 0.0908. The van der Waals surface area contributed by atoms with Crippen molar-refractivity contribution in [3.05, 3.63) is 59.0 Å². The van der Waals surface area contributed by atoms with E-state index in [4.69, 9.17) is 18.8 Å². The number of oxime groups is 2. The molecule has 0 saturated carbocycles. The van der Waals surface area contributed by atoms with Gasteiger partial charge in [-0.05, 0) is 58.7 Å². The third-order valence-electron chi connectivity index (χ3n) is 6.71. The Kier molecular flexibility index (Phi) is 18.5. The summed E-state index contributed by atoms with van der Waals surface area (Å²) in [4.78, 5) is 22.3. The van der Waals surface area contributed by atoms with Gasteiger partial charge in [0.2, 0.25) is 5.82 Å². The SMILES string of the molecule is CCCCC/C=C\CC(/C(C)=N/OC)[C@H](/C=C/C(CCCC(=O)OCc1c(F)c(F)c(F)c(F)c1F)O[Si](C)(C)C)/C=N/OC. The lowest BCUT2D eigenvalue weighted by Crippen LogP contribution is -2.31. The van der Waals surface area contributed by atoms with E-state index in [9.17, 15) is 26.7 Å². The van der Waals surface area contributed by atoms with Crippen molar-refractivity contribution in [3.8, 4) is 0 Å². The zero-order valence-electron chi connectivity index (χ0n) is 27.3. The molecule has 1 aromatic rings. The molecule has 45 heavy (non-hydrogen) atoms. The summed E-state index contributed by atoms with van der Waals surface area (Å²) in [5.74, 6) is -11.7. The third-order valence-corrected chi connectivity index (χ3v) is 7.72. The van der Waals surface area contributed by atoms with E-state index in [2.05, 4.69) is 29.4 Å². The lowest BCUT2D eigenvalue weighted by atomic mass is 9.85. The second-order valence-electron chi connectivity index (χ2n) is 11.5. The van der Waals surface area contributed by atoms with Crippen LogP contribution in [-0.4, -0.2) is 46.5 Å². The Balaban J connectivity index is 3.03. The molecule has 0 heterocycles. The van der Waals surface area contributed by atoms with Crippen LogP contribution in [0.15, 0.2) is 34.6 Å². The Morgan fingerprint density at radius 2 is 1.53 bits per heavy atom. The molecule has 0 bridgehead atoms. The van der Waals surface area contributed by atoms with Crippen LogP contribution in [0.5, 0.6) is 0 Å². The van der Waals surface area contributed by atoms with Crippen LogP contribution >= 0.6 is 0 Å². The van der Waals surface area contributed by atoms with Crippen molar-refractivity contribution in [2.45, 2.75) is 97.6 Å². The van der Waals surface area contributed by atoms with Gasteiger partial charge in [0.15, 0.2) is 31.6 Å². The molecule has 7 nitrogen and oxygen atoms in total. The van der Waals surface area contributed by atoms with Crippen molar-refractivity contribution in [3.63, 3.8) is 0 Å². The number of carbonyl (C=O) groups excluding carboxylic acids is 1. The van der Waals surface area contributed by atoms with E-state index in [0.717, 1.165) is 25.0 Å². The maximum atomic E-state index is 13.9. The quantitative estimate of drug-likeness (QED) is 0.0151. The molecule has 3 atom stereocenters. The zero-order valence-corrected chi connectivity index (χ0v) is 28.3. The summed E-state index contributed by atoms with van der Waals surface area (Å²) in [6.45, 7) is 9.03. The lowest BCUT2D eigenvalue weighted by Gasteiger charge is -2.25. The number of rotatable bonds is 21. The van der Waals surface area contributed by atoms with Gasteiger partial charge >= 0.3 is 5.97 Å². The van der Waals surface area contributed by atoms with Crippen LogP contribution in [0, 0.1) is 40.9 Å². The van der Waals surface area contributed by atoms with Crippen molar-refractivity contribution < 1.29 is 45.6 Å². The van der Waals surface area contributed by atoms with Crippen molar-refractivity contribution in [2.75, 3.05) is 14.2 Å². The van der Waals surface area contributed by atoms with E-state index >= 15 is 0 Å². The summed E-state index contributed by atoms with van der Waals surface area (Å²) in [7, 11) is 0.897. The van der Waals surface area contributed by atoms with Gasteiger partial charge in [0.1, 0.15) is 20.8 Å². The van der Waals surface area contributed by atoms with E-state index in [0.29, 0.717) is 12.8 Å². The second kappa shape index (κ2) is 20.9. The molecule has 0 aromatic heterocycles. The fraction of sp³-hybridized carbons (Fsp3) is 0.594. The first-order valence-electron chi connectivity index (χ1n) is 15.1. The number of allylic oxidation sites excluding steroid dienone is 3. The standard InChI is InChI=1S/C32H47F5N2O5Si/c1-8-9-10-11-12-13-16-25(22(2)39-42-4)23(20-38-41-3)18-19-24(44-45(5,6)7)15-14-17-27(40)43-21-26-28(33)30(35)32(37)31(36)29(26)34/h12-13,18-20,23-25H,8-11,14-17,21H2,1-7H3/b13-12-,19-18+,38-20+,39-22+/t23-,24?,25?/m1/s1. The highest BCUT2D eigenvalue weighted by Crippen LogP contribution is 2.25. The first kappa shape index (κ1) is 40.0. The highest BCUT2D eigenvalue weighted by molar-refractivity contribution is 6.69. The molecule has 0 aliphatic carbocycles. The molecule has 0 fully saturated rings. The minimum atomic E-state index is -2.27. The van der Waals surface area contributed by atoms with Gasteiger partial charge in [-0.1, -0.05) is 54.4 Å². The number of carbonyl (C=O) groups is 1. The number of halogens is 5. The van der Waals surface area contributed by atoms with Crippen LogP contribution in [-0.2, 0) is 30.2 Å². The third kappa shape index (κ3) is 14.7. The predicted octanol–water partition coefficient (Wildman–Crippen LogP) is 8.79. The number of esters is 1. The van der Waals surface area contributed by atoms with E-state index in [-0.39, 0.29) is 30.8 Å². The molecular formula is C32H47F5N2O5Si. The Hall–Kier alpha value is -3.06. The van der Waals surface area contributed by atoms with Crippen LogP contribution < -0.4 is 0 Å². The van der Waals surface area contributed by atoms with Gasteiger partial charge in [-0.2, -0.15) is 0 Å². The molecule has 13 heteroatoms. The summed E-state index contributed by atoms with van der Waals surface area (Å²) in [6, 6.07) is 0. The fourth-order valence-electron chi connectivity index (χ4n) is 4.46. The van der Waals surface area contributed by atoms with Gasteiger partial charge in [0.25, 0.3) is 0 Å². The van der Waals surface area contributed by atoms with Crippen molar-refractivity contribution in [1.82, 2.24) is 0 Å². The van der Waals surface area contributed by atoms with Crippen LogP contribution in [0.4, 0.5) is 22.0 Å². The van der Waals surface area contributed by atoms with Gasteiger partial charge in [0, 0.05) is 18.3 Å². The molecule has 2 unspecified atom stereocenters. The molecule has 0 aliphatic heterocycles. The molecule has 0 aliphatic rings. The Bertz CT molecular complexity index is 1160. The zero-order chi connectivity index (χ0) is 34.0. The molecule has 254 valence electrons. The highest BCUT2D eigenvalue weighted by atomic mass is 28.4. The summed E-state index contributed by atoms with van der Waals surface area (Å²) in [6.07, 6.45) is 15.1. The molecule has 0 radical (unpaired) electrons. The predicted molar refractivity (Wildman–Crippen MR) is 168 cm³/mol. The van der Waals surface area contributed by atoms with Gasteiger partial charge in [-0.3, -0.25) is 4.79 Å². The van der Waals surface area contributed by atoms with Crippen LogP contribution in [0.2, 0.25) is 19.6 Å². The lowest BCUT2D eigenvalue weighted by molar-refractivity contribution is -0.145. The monoisotopic (exact) mass is 662 g/mol. The first-order valence-corrected chi connectivity index (χ1v) is 18.5. The van der Waals surface area contributed by atoms with E-state index in [1.807, 2.05) is 38.7 Å². The molecular weight excluding hydrogens is 615 g/mol. The second-order valence-corrected chi connectivity index (χ2v) is 16.0. The Labute approximate surface area is 264 Å². The summed E-state index contributed by atoms with van der Waals surface area (Å²) in [5.41, 5.74) is -0.434. The van der Waals surface area contributed by atoms with Gasteiger partial charge in [0.05, 0.1) is 23.6 Å². The largest absolute Gasteiger partial charge is 0.461 e. The molecule has 1 rings (SSSR count). The molecule has 1 aromatic carbocycles. The molecule has 0 N–H and O–H groups in total. The van der Waals surface area contributed by atoms with Crippen molar-refractivity contribution >= 4 is 26.2 Å². The number of ether oxygens (including phenoxy) is 1. The van der Waals surface area contributed by atoms with Gasteiger partial charge in [-0.25, -0.2) is 22.0 Å². The maximum Gasteiger partial charge on any atom is 0.306 e. The Morgan fingerprint density at radius 1 is 0.889 bits per heavy atom. The smallest absolute Gasteiger partial charge is 0.306 e. The number of nitrogens with zero attached hydrogens (tertiary/aromatic N) is 2. The normalized spacial score (nSPS) is 14.8. The maximum absolute atomic E-state index is 13.9. The van der Waals surface area contributed by atoms with E-state index in [1.165, 1.54) is 20.6 Å². The average Bonchev–Trinajstić information content (AvgIpc) is 2.98. The topological polar surface area (TPSA) is 78.7 Å². The Morgan fingerprint density at radius 3 is 2.11 bits per heavy atom. The van der Waals surface area contributed by atoms with Crippen LogP contribution in [0.1, 0.15) is 70.8 Å². The van der Waals surface area contributed by atoms with Gasteiger partial charge in [-0.15, -0.1) is 0 Å². The number of hydrogen-bond acceptors (Lipinski definition) is 7.